The number of hydrogen-bond donors (Lipinski definition) is 1. The molecule has 0 saturated heterocycles. The van der Waals surface area contributed by atoms with E-state index in [2.05, 4.69) is 548 Å². The van der Waals surface area contributed by atoms with Gasteiger partial charge in [-0.25, -0.2) is 0 Å². The summed E-state index contributed by atoms with van der Waals surface area (Å²) in [6.07, 6.45) is 0. The Morgan fingerprint density at radius 3 is 0.784 bits per heavy atom. The van der Waals surface area contributed by atoms with Crippen molar-refractivity contribution in [1.29, 1.82) is 0 Å². The molecule has 0 aliphatic heterocycles. The van der Waals surface area contributed by atoms with E-state index in [1.807, 2.05) is 18.2 Å². The fourth-order valence-electron chi connectivity index (χ4n) is 20.2. The van der Waals surface area contributed by atoms with E-state index in [1.165, 1.54) is 170 Å². The van der Waals surface area contributed by atoms with Gasteiger partial charge in [-0.1, -0.05) is 340 Å². The van der Waals surface area contributed by atoms with Crippen molar-refractivity contribution in [3.05, 3.63) is 511 Å². The Hall–Kier alpha value is -16.4. The quantitative estimate of drug-likeness (QED) is 0.104. The van der Waals surface area contributed by atoms with E-state index in [-0.39, 0.29) is 0 Å². The first-order valence-corrected chi connectivity index (χ1v) is 47.1. The molecule has 0 fully saturated rings. The van der Waals surface area contributed by atoms with Crippen LogP contribution in [0.5, 0.6) is 0 Å². The standard InChI is InChI=1S/C75H52N4.C27H18Br2.C24H18N2/c1-51-34-45-66-69(48-51)75(53-37-41-59(42-38-53)77(55-22-8-3-9-23-55)61-44-47-73-68(50-61)63-29-17-19-33-71(63)79(73)57-26-12-5-13-27-57)65-31-15-14-30-64(65)74(66)52-35-39-58(40-36-52)76(54-20-6-2-7-21-54)60-43-46-72-67(49-60)62-28-16-18-32-70(62)78(72)56-24-10-4-11-25-56;1-17-6-15-24-25(16-17)27(19-9-13-21(29)14-10-19)23-5-3-2-4-22(23)26(24)18-7-11-20(28)12-8-18;1-3-9-18(10-4-1)25-19-15-16-24-22(17-19)21-13-7-8-14-23(21)26(24)20-11-5-2-6-12-20/h2-50H,1H3;2-16H,1H3;1-17,25H. The van der Waals surface area contributed by atoms with Crippen molar-refractivity contribution in [2.24, 2.45) is 0 Å². The zero-order chi connectivity index (χ0) is 89.7. The topological polar surface area (TPSA) is 33.3 Å². The van der Waals surface area contributed by atoms with Gasteiger partial charge in [0.05, 0.1) is 33.1 Å². The Balaban J connectivity index is 0.000000148. The summed E-state index contributed by atoms with van der Waals surface area (Å²) in [4.78, 5) is 4.76. The van der Waals surface area contributed by atoms with Crippen LogP contribution in [0, 0.1) is 13.8 Å². The predicted octanol–water partition coefficient (Wildman–Crippen LogP) is 36.5. The molecule has 3 heterocycles. The van der Waals surface area contributed by atoms with Crippen LogP contribution in [0.15, 0.2) is 500 Å². The average Bonchev–Trinajstić information content (AvgIpc) is 1.37. The molecule has 0 aliphatic rings. The normalized spacial score (nSPS) is 11.4. The Morgan fingerprint density at radius 2 is 0.433 bits per heavy atom. The molecule has 0 unspecified atom stereocenters. The van der Waals surface area contributed by atoms with Crippen molar-refractivity contribution in [2.75, 3.05) is 15.1 Å². The van der Waals surface area contributed by atoms with Gasteiger partial charge in [0.15, 0.2) is 0 Å². The molecule has 25 aromatic rings. The zero-order valence-corrected chi connectivity index (χ0v) is 76.9. The van der Waals surface area contributed by atoms with Gasteiger partial charge in [0.1, 0.15) is 0 Å². The highest BCUT2D eigenvalue weighted by atomic mass is 79.9. The molecule has 636 valence electrons. The molecule has 22 aromatic carbocycles. The number of nitrogens with zero attached hydrogens (tertiary/aromatic N) is 5. The van der Waals surface area contributed by atoms with Gasteiger partial charge in [0, 0.05) is 104 Å². The van der Waals surface area contributed by atoms with Crippen molar-refractivity contribution in [3.8, 4) is 61.6 Å². The number of rotatable bonds is 15. The maximum absolute atomic E-state index is 3.57. The van der Waals surface area contributed by atoms with E-state index in [4.69, 9.17) is 0 Å². The highest BCUT2D eigenvalue weighted by Gasteiger charge is 2.25. The second-order valence-corrected chi connectivity index (χ2v) is 36.2. The average molecular weight is 1850 g/mol. The molecular formula is C126H88Br2N6. The molecule has 0 amide bonds. The summed E-state index contributed by atoms with van der Waals surface area (Å²) < 4.78 is 9.27. The minimum Gasteiger partial charge on any atom is -0.356 e. The second-order valence-electron chi connectivity index (χ2n) is 34.3. The molecule has 134 heavy (non-hydrogen) atoms. The lowest BCUT2D eigenvalue weighted by Gasteiger charge is -2.26. The monoisotopic (exact) mass is 1840 g/mol. The molecular weight excluding hydrogens is 1760 g/mol. The van der Waals surface area contributed by atoms with Gasteiger partial charge in [0.2, 0.25) is 0 Å². The van der Waals surface area contributed by atoms with E-state index >= 15 is 0 Å². The molecule has 6 nitrogen and oxygen atoms in total. The number of aromatic nitrogens is 3. The van der Waals surface area contributed by atoms with E-state index in [0.29, 0.717) is 0 Å². The molecule has 3 aromatic heterocycles. The minimum absolute atomic E-state index is 1.09. The van der Waals surface area contributed by atoms with Crippen LogP contribution in [0.4, 0.5) is 45.5 Å². The maximum atomic E-state index is 3.57. The Kier molecular flexibility index (Phi) is 21.7. The predicted molar refractivity (Wildman–Crippen MR) is 578 cm³/mol. The van der Waals surface area contributed by atoms with Gasteiger partial charge >= 0.3 is 0 Å². The number of fused-ring (bicyclic) bond motifs is 13. The smallest absolute Gasteiger partial charge is 0.0542 e. The highest BCUT2D eigenvalue weighted by molar-refractivity contribution is 9.10. The summed E-state index contributed by atoms with van der Waals surface area (Å²) >= 11 is 7.14. The van der Waals surface area contributed by atoms with Crippen LogP contribution in [0.3, 0.4) is 0 Å². The lowest BCUT2D eigenvalue weighted by atomic mass is 9.85. The summed E-state index contributed by atoms with van der Waals surface area (Å²) in [7, 11) is 0. The van der Waals surface area contributed by atoms with Crippen molar-refractivity contribution in [3.63, 3.8) is 0 Å². The summed E-state index contributed by atoms with van der Waals surface area (Å²) in [5.74, 6) is 0. The van der Waals surface area contributed by atoms with Crippen molar-refractivity contribution < 1.29 is 0 Å². The summed E-state index contributed by atoms with van der Waals surface area (Å²) in [6, 6.07) is 177. The zero-order valence-electron chi connectivity index (χ0n) is 73.8. The SMILES string of the molecule is Cc1ccc2c(-c3ccc(Br)cc3)c3ccccc3c(-c3ccc(Br)cc3)c2c1.Cc1ccc2c(-c3ccc(N(c4ccccc4)c4ccc5c(c4)c4ccccc4n5-c4ccccc4)cc3)c3ccccc3c(-c3ccc(N(c4ccccc4)c4ccc5c(c4)c4ccccc4n5-c4ccccc4)cc3)c2c1.c1ccc(Nc2ccc3c(c2)c2ccccc2n3-c2ccccc2)cc1. The lowest BCUT2D eigenvalue weighted by Crippen LogP contribution is -2.09. The molecule has 0 saturated carbocycles. The third kappa shape index (κ3) is 15.3. The molecule has 8 heteroatoms. The van der Waals surface area contributed by atoms with E-state index in [9.17, 15) is 0 Å². The molecule has 1 N–H and O–H groups in total. The van der Waals surface area contributed by atoms with Gasteiger partial charge in [-0.3, -0.25) is 0 Å². The summed E-state index contributed by atoms with van der Waals surface area (Å²) in [6.45, 7) is 4.37. The number of aryl methyl sites for hydroxylation is 2. The summed E-state index contributed by atoms with van der Waals surface area (Å²) in [5, 5.41) is 21.0. The number of para-hydroxylation sites is 9. The number of halogens is 2. The number of hydrogen-bond acceptors (Lipinski definition) is 3. The van der Waals surface area contributed by atoms with Crippen molar-refractivity contribution >= 4 is 186 Å². The van der Waals surface area contributed by atoms with Crippen molar-refractivity contribution in [1.82, 2.24) is 13.7 Å². The van der Waals surface area contributed by atoms with Crippen molar-refractivity contribution in [2.45, 2.75) is 13.8 Å². The highest BCUT2D eigenvalue weighted by Crippen LogP contribution is 2.50. The Bertz CT molecular complexity index is 8700. The summed E-state index contributed by atoms with van der Waals surface area (Å²) in [5.41, 5.74) is 31.8. The van der Waals surface area contributed by atoms with Crippen LogP contribution in [0.2, 0.25) is 0 Å². The van der Waals surface area contributed by atoms with Crippen LogP contribution >= 0.6 is 31.9 Å². The van der Waals surface area contributed by atoms with Gasteiger partial charge in [0.25, 0.3) is 0 Å². The first-order chi connectivity index (χ1) is 66.1. The molecule has 25 rings (SSSR count). The van der Waals surface area contributed by atoms with Gasteiger partial charge in [-0.2, -0.15) is 0 Å². The fraction of sp³-hybridized carbons (Fsp3) is 0.0159. The third-order valence-corrected chi connectivity index (χ3v) is 27.1. The van der Waals surface area contributed by atoms with Crippen LogP contribution in [-0.2, 0) is 0 Å². The molecule has 0 atom stereocenters. The lowest BCUT2D eigenvalue weighted by molar-refractivity contribution is 1.18. The van der Waals surface area contributed by atoms with E-state index in [1.54, 1.807) is 0 Å². The molecule has 0 bridgehead atoms. The van der Waals surface area contributed by atoms with Gasteiger partial charge in [-0.05, 0) is 296 Å². The molecule has 0 spiro atoms. The first-order valence-electron chi connectivity index (χ1n) is 45.6. The Labute approximate surface area is 795 Å². The van der Waals surface area contributed by atoms with Gasteiger partial charge < -0.3 is 28.8 Å². The number of anilines is 8. The molecule has 0 radical (unpaired) electrons. The minimum atomic E-state index is 1.09. The van der Waals surface area contributed by atoms with Crippen LogP contribution < -0.4 is 15.1 Å². The Morgan fingerprint density at radius 1 is 0.179 bits per heavy atom. The first kappa shape index (κ1) is 82.1. The maximum Gasteiger partial charge on any atom is 0.0542 e. The van der Waals surface area contributed by atoms with E-state index in [0.717, 1.165) is 65.8 Å². The second kappa shape index (κ2) is 35.5. The third-order valence-electron chi connectivity index (χ3n) is 26.1. The van der Waals surface area contributed by atoms with Crippen LogP contribution in [-0.4, -0.2) is 13.7 Å². The van der Waals surface area contributed by atoms with Crippen LogP contribution in [0.1, 0.15) is 11.1 Å². The number of nitrogens with one attached hydrogen (secondary N) is 1. The number of benzene rings is 22. The van der Waals surface area contributed by atoms with Gasteiger partial charge in [-0.15, -0.1) is 0 Å². The molecule has 0 aliphatic carbocycles. The van der Waals surface area contributed by atoms with Crippen LogP contribution in [0.25, 0.3) is 170 Å². The largest absolute Gasteiger partial charge is 0.356 e. The fourth-order valence-corrected chi connectivity index (χ4v) is 20.7. The van der Waals surface area contributed by atoms with E-state index < -0.39 is 0 Å².